The SMILES string of the molecule is CC(C)(O)[C@@H]1CC[C@@]2(C)C(=O)CC[C@]3(CO3)[C@@H]2C1. The van der Waals surface area contributed by atoms with Crippen molar-refractivity contribution in [1.82, 2.24) is 0 Å². The quantitative estimate of drug-likeness (QED) is 0.729. The molecule has 18 heavy (non-hydrogen) atoms. The van der Waals surface area contributed by atoms with Crippen molar-refractivity contribution in [2.75, 3.05) is 6.61 Å². The number of aliphatic hydroxyl groups is 1. The van der Waals surface area contributed by atoms with Crippen LogP contribution < -0.4 is 0 Å². The van der Waals surface area contributed by atoms with Crippen LogP contribution in [0.5, 0.6) is 0 Å². The highest BCUT2D eigenvalue weighted by Crippen LogP contribution is 2.60. The van der Waals surface area contributed by atoms with Crippen molar-refractivity contribution in [1.29, 1.82) is 0 Å². The molecule has 1 N–H and O–H groups in total. The molecule has 1 spiro atoms. The number of rotatable bonds is 1. The predicted molar refractivity (Wildman–Crippen MR) is 68.2 cm³/mol. The zero-order chi connectivity index (χ0) is 13.2. The van der Waals surface area contributed by atoms with Gasteiger partial charge in [0.05, 0.1) is 17.8 Å². The molecule has 3 heteroatoms. The zero-order valence-electron chi connectivity index (χ0n) is 11.7. The molecule has 0 aromatic carbocycles. The smallest absolute Gasteiger partial charge is 0.139 e. The number of hydrogen-bond donors (Lipinski definition) is 1. The highest BCUT2D eigenvalue weighted by molar-refractivity contribution is 5.86. The Kier molecular flexibility index (Phi) is 2.50. The Labute approximate surface area is 109 Å². The Bertz CT molecular complexity index is 378. The summed E-state index contributed by atoms with van der Waals surface area (Å²) in [5, 5.41) is 10.2. The van der Waals surface area contributed by atoms with E-state index in [1.54, 1.807) is 0 Å². The second-order valence-electron chi connectivity index (χ2n) is 7.37. The Morgan fingerprint density at radius 2 is 2.06 bits per heavy atom. The fourth-order valence-corrected chi connectivity index (χ4v) is 4.30. The third-order valence-corrected chi connectivity index (χ3v) is 5.86. The minimum atomic E-state index is -0.641. The molecule has 1 aliphatic heterocycles. The maximum Gasteiger partial charge on any atom is 0.139 e. The number of epoxide rings is 1. The fraction of sp³-hybridized carbons (Fsp3) is 0.933. The highest BCUT2D eigenvalue weighted by atomic mass is 16.6. The summed E-state index contributed by atoms with van der Waals surface area (Å²) in [7, 11) is 0. The second kappa shape index (κ2) is 3.57. The van der Waals surface area contributed by atoms with Gasteiger partial charge in [0.2, 0.25) is 0 Å². The van der Waals surface area contributed by atoms with Gasteiger partial charge in [0, 0.05) is 17.8 Å². The minimum Gasteiger partial charge on any atom is -0.390 e. The van der Waals surface area contributed by atoms with Crippen LogP contribution in [-0.2, 0) is 9.53 Å². The van der Waals surface area contributed by atoms with Gasteiger partial charge >= 0.3 is 0 Å². The number of Topliss-reactive ketones (excluding diaryl/α,β-unsaturated/α-hetero) is 1. The van der Waals surface area contributed by atoms with E-state index >= 15 is 0 Å². The lowest BCUT2D eigenvalue weighted by Gasteiger charge is -2.51. The topological polar surface area (TPSA) is 49.8 Å². The average Bonchev–Trinajstić information content (AvgIpc) is 3.04. The first kappa shape index (κ1) is 12.6. The fourth-order valence-electron chi connectivity index (χ4n) is 4.30. The van der Waals surface area contributed by atoms with Crippen LogP contribution in [0.25, 0.3) is 0 Å². The van der Waals surface area contributed by atoms with E-state index in [0.717, 1.165) is 32.3 Å². The summed E-state index contributed by atoms with van der Waals surface area (Å²) < 4.78 is 5.75. The third-order valence-electron chi connectivity index (χ3n) is 5.86. The number of ether oxygens (including phenoxy) is 1. The maximum absolute atomic E-state index is 12.3. The maximum atomic E-state index is 12.3. The Morgan fingerprint density at radius 1 is 1.39 bits per heavy atom. The Morgan fingerprint density at radius 3 is 2.61 bits per heavy atom. The summed E-state index contributed by atoms with van der Waals surface area (Å²) in [6.07, 6.45) is 4.38. The Hall–Kier alpha value is -0.410. The monoisotopic (exact) mass is 252 g/mol. The predicted octanol–water partition coefficient (Wildman–Crippen LogP) is 2.31. The van der Waals surface area contributed by atoms with E-state index in [1.807, 2.05) is 13.8 Å². The van der Waals surface area contributed by atoms with Crippen molar-refractivity contribution in [2.45, 2.75) is 64.1 Å². The van der Waals surface area contributed by atoms with Crippen molar-refractivity contribution in [2.24, 2.45) is 17.3 Å². The number of hydrogen-bond acceptors (Lipinski definition) is 3. The standard InChI is InChI=1S/C15H24O3/c1-13(2,17)10-4-6-14(3)11(8-10)15(9-18-15)7-5-12(14)16/h10-11,17H,4-9H2,1-3H3/t10-,11-,14-,15+/m1/s1. The van der Waals surface area contributed by atoms with Gasteiger partial charge < -0.3 is 9.84 Å². The van der Waals surface area contributed by atoms with Crippen LogP contribution in [0.15, 0.2) is 0 Å². The van der Waals surface area contributed by atoms with E-state index in [-0.39, 0.29) is 11.0 Å². The van der Waals surface area contributed by atoms with Crippen LogP contribution in [0.3, 0.4) is 0 Å². The van der Waals surface area contributed by atoms with Crippen LogP contribution in [0.1, 0.15) is 52.9 Å². The number of carbonyl (C=O) groups excluding carboxylic acids is 1. The van der Waals surface area contributed by atoms with E-state index in [0.29, 0.717) is 24.0 Å². The van der Waals surface area contributed by atoms with Gasteiger partial charge in [0.15, 0.2) is 0 Å². The van der Waals surface area contributed by atoms with Gasteiger partial charge in [-0.05, 0) is 45.4 Å². The van der Waals surface area contributed by atoms with Crippen LogP contribution in [0.4, 0.5) is 0 Å². The minimum absolute atomic E-state index is 0.0212. The number of carbonyl (C=O) groups is 1. The van der Waals surface area contributed by atoms with Gasteiger partial charge in [-0.2, -0.15) is 0 Å². The zero-order valence-corrected chi connectivity index (χ0v) is 11.7. The summed E-state index contributed by atoms with van der Waals surface area (Å²) >= 11 is 0. The highest BCUT2D eigenvalue weighted by Gasteiger charge is 2.64. The van der Waals surface area contributed by atoms with E-state index in [2.05, 4.69) is 6.92 Å². The lowest BCUT2D eigenvalue weighted by atomic mass is 9.53. The molecular weight excluding hydrogens is 228 g/mol. The molecule has 3 fully saturated rings. The van der Waals surface area contributed by atoms with Crippen molar-refractivity contribution < 1.29 is 14.6 Å². The molecule has 2 aliphatic carbocycles. The lowest BCUT2D eigenvalue weighted by molar-refractivity contribution is -0.146. The van der Waals surface area contributed by atoms with Gasteiger partial charge in [-0.15, -0.1) is 0 Å². The first-order valence-electron chi connectivity index (χ1n) is 7.18. The van der Waals surface area contributed by atoms with Gasteiger partial charge in [-0.1, -0.05) is 6.92 Å². The summed E-state index contributed by atoms with van der Waals surface area (Å²) in [6.45, 7) is 6.74. The van der Waals surface area contributed by atoms with Crippen molar-refractivity contribution in [3.05, 3.63) is 0 Å². The molecule has 0 bridgehead atoms. The van der Waals surface area contributed by atoms with Gasteiger partial charge in [-0.25, -0.2) is 0 Å². The summed E-state index contributed by atoms with van der Waals surface area (Å²) in [4.78, 5) is 12.3. The molecule has 0 radical (unpaired) electrons. The third kappa shape index (κ3) is 1.67. The molecule has 0 amide bonds. The molecule has 0 aromatic heterocycles. The molecule has 3 nitrogen and oxygen atoms in total. The van der Waals surface area contributed by atoms with E-state index < -0.39 is 5.60 Å². The summed E-state index contributed by atoms with van der Waals surface area (Å²) in [5.41, 5.74) is -0.860. The van der Waals surface area contributed by atoms with Crippen LogP contribution in [0.2, 0.25) is 0 Å². The molecule has 2 saturated carbocycles. The molecule has 3 aliphatic rings. The molecule has 0 unspecified atom stereocenters. The summed E-state index contributed by atoms with van der Waals surface area (Å²) in [6, 6.07) is 0. The van der Waals surface area contributed by atoms with Gasteiger partial charge in [0.1, 0.15) is 5.78 Å². The molecule has 4 atom stereocenters. The van der Waals surface area contributed by atoms with Crippen LogP contribution in [0, 0.1) is 17.3 Å². The normalized spacial score (nSPS) is 48.1. The van der Waals surface area contributed by atoms with Gasteiger partial charge in [0.25, 0.3) is 0 Å². The molecule has 102 valence electrons. The summed E-state index contributed by atoms with van der Waals surface area (Å²) in [5.74, 6) is 1.03. The van der Waals surface area contributed by atoms with Gasteiger partial charge in [-0.3, -0.25) is 4.79 Å². The van der Waals surface area contributed by atoms with Crippen LogP contribution >= 0.6 is 0 Å². The van der Waals surface area contributed by atoms with Crippen molar-refractivity contribution >= 4 is 5.78 Å². The van der Waals surface area contributed by atoms with E-state index in [4.69, 9.17) is 4.74 Å². The molecular formula is C15H24O3. The lowest BCUT2D eigenvalue weighted by Crippen LogP contribution is -2.54. The average molecular weight is 252 g/mol. The van der Waals surface area contributed by atoms with E-state index in [9.17, 15) is 9.90 Å². The van der Waals surface area contributed by atoms with E-state index in [1.165, 1.54) is 0 Å². The van der Waals surface area contributed by atoms with Crippen LogP contribution in [-0.4, -0.2) is 28.7 Å². The number of fused-ring (bicyclic) bond motifs is 2. The first-order chi connectivity index (χ1) is 8.28. The number of ketones is 1. The Balaban J connectivity index is 1.89. The molecule has 3 rings (SSSR count). The largest absolute Gasteiger partial charge is 0.390 e. The van der Waals surface area contributed by atoms with Crippen molar-refractivity contribution in [3.63, 3.8) is 0 Å². The second-order valence-corrected chi connectivity index (χ2v) is 7.37. The molecule has 0 aromatic rings. The molecule has 1 heterocycles. The first-order valence-corrected chi connectivity index (χ1v) is 7.18. The molecule has 1 saturated heterocycles. The van der Waals surface area contributed by atoms with Crippen molar-refractivity contribution in [3.8, 4) is 0 Å².